The zero-order valence-corrected chi connectivity index (χ0v) is 15.2. The maximum absolute atomic E-state index is 13.5. The van der Waals surface area contributed by atoms with Gasteiger partial charge in [-0.05, 0) is 37.8 Å². The second kappa shape index (κ2) is 5.65. The molecule has 136 valence electrons. The van der Waals surface area contributed by atoms with Crippen LogP contribution in [0.3, 0.4) is 0 Å². The SMILES string of the molecule is O=C(c1cc(C2CC2)nc2ccccc12)N1CCc2[nH]nc(C3CC3)c2C1. The third-order valence-corrected chi connectivity index (χ3v) is 6.18. The first-order chi connectivity index (χ1) is 13.3. The van der Waals surface area contributed by atoms with Crippen LogP contribution in [0, 0.1) is 0 Å². The van der Waals surface area contributed by atoms with Crippen molar-refractivity contribution in [3.63, 3.8) is 0 Å². The molecule has 3 aliphatic rings. The summed E-state index contributed by atoms with van der Waals surface area (Å²) in [6.07, 6.45) is 5.69. The van der Waals surface area contributed by atoms with E-state index in [1.54, 1.807) is 0 Å². The van der Waals surface area contributed by atoms with Crippen LogP contribution in [0.15, 0.2) is 30.3 Å². The van der Waals surface area contributed by atoms with Gasteiger partial charge < -0.3 is 4.90 Å². The maximum Gasteiger partial charge on any atom is 0.254 e. The van der Waals surface area contributed by atoms with E-state index in [1.165, 1.54) is 42.6 Å². The van der Waals surface area contributed by atoms with E-state index in [1.807, 2.05) is 29.2 Å². The quantitative estimate of drug-likeness (QED) is 0.772. The second-order valence-electron chi connectivity index (χ2n) is 8.20. The average molecular weight is 358 g/mol. The number of nitrogens with one attached hydrogen (secondary N) is 1. The number of carbonyl (C=O) groups excluding carboxylic acids is 1. The van der Waals surface area contributed by atoms with Crippen LogP contribution in [0.2, 0.25) is 0 Å². The fraction of sp³-hybridized carbons (Fsp3) is 0.409. The van der Waals surface area contributed by atoms with Crippen LogP contribution in [-0.2, 0) is 13.0 Å². The normalized spacial score (nSPS) is 19.3. The molecule has 1 aliphatic heterocycles. The highest BCUT2D eigenvalue weighted by Gasteiger charge is 2.34. The van der Waals surface area contributed by atoms with Crippen LogP contribution in [0.4, 0.5) is 0 Å². The number of amides is 1. The number of hydrogen-bond donors (Lipinski definition) is 1. The summed E-state index contributed by atoms with van der Waals surface area (Å²) in [5.74, 6) is 1.26. The summed E-state index contributed by atoms with van der Waals surface area (Å²) in [6.45, 7) is 1.42. The number of aromatic amines is 1. The number of H-pyrrole nitrogens is 1. The summed E-state index contributed by atoms with van der Waals surface area (Å²) >= 11 is 0. The lowest BCUT2D eigenvalue weighted by molar-refractivity contribution is 0.0735. The van der Waals surface area contributed by atoms with Crippen LogP contribution < -0.4 is 0 Å². The van der Waals surface area contributed by atoms with E-state index in [9.17, 15) is 4.79 Å². The molecule has 3 heterocycles. The van der Waals surface area contributed by atoms with Gasteiger partial charge in [0.1, 0.15) is 0 Å². The standard InChI is InChI=1S/C22H22N4O/c27-22(26-10-9-19-17(12-26)21(25-24-19)14-7-8-14)16-11-20(13-5-6-13)23-18-4-2-1-3-15(16)18/h1-4,11,13-14H,5-10,12H2,(H,24,25). The molecule has 0 spiro atoms. The summed E-state index contributed by atoms with van der Waals surface area (Å²) < 4.78 is 0. The summed E-state index contributed by atoms with van der Waals surface area (Å²) in [4.78, 5) is 20.3. The molecule has 2 fully saturated rings. The van der Waals surface area contributed by atoms with Crippen molar-refractivity contribution >= 4 is 16.8 Å². The fourth-order valence-corrected chi connectivity index (χ4v) is 4.32. The van der Waals surface area contributed by atoms with Gasteiger partial charge in [0.25, 0.3) is 5.91 Å². The minimum atomic E-state index is 0.129. The molecule has 27 heavy (non-hydrogen) atoms. The van der Waals surface area contributed by atoms with Gasteiger partial charge in [0.2, 0.25) is 0 Å². The Morgan fingerprint density at radius 2 is 1.93 bits per heavy atom. The topological polar surface area (TPSA) is 61.9 Å². The highest BCUT2D eigenvalue weighted by atomic mass is 16.2. The Hall–Kier alpha value is -2.69. The van der Waals surface area contributed by atoms with Gasteiger partial charge in [0.05, 0.1) is 16.8 Å². The van der Waals surface area contributed by atoms with E-state index in [0.29, 0.717) is 18.4 Å². The van der Waals surface area contributed by atoms with Crippen molar-refractivity contribution in [3.8, 4) is 0 Å². The smallest absolute Gasteiger partial charge is 0.254 e. The van der Waals surface area contributed by atoms with E-state index in [4.69, 9.17) is 4.98 Å². The summed E-state index contributed by atoms with van der Waals surface area (Å²) in [5.41, 5.74) is 6.50. The van der Waals surface area contributed by atoms with E-state index >= 15 is 0 Å². The first kappa shape index (κ1) is 15.4. The number of fused-ring (bicyclic) bond motifs is 2. The highest BCUT2D eigenvalue weighted by molar-refractivity contribution is 6.06. The predicted molar refractivity (Wildman–Crippen MR) is 103 cm³/mol. The number of para-hydroxylation sites is 1. The molecule has 6 rings (SSSR count). The maximum atomic E-state index is 13.5. The van der Waals surface area contributed by atoms with Crippen LogP contribution in [0.25, 0.3) is 10.9 Å². The summed E-state index contributed by atoms with van der Waals surface area (Å²) in [5, 5.41) is 8.72. The van der Waals surface area contributed by atoms with E-state index in [-0.39, 0.29) is 5.91 Å². The van der Waals surface area contributed by atoms with Crippen molar-refractivity contribution in [1.82, 2.24) is 20.1 Å². The number of nitrogens with zero attached hydrogens (tertiary/aromatic N) is 3. The second-order valence-corrected chi connectivity index (χ2v) is 8.20. The minimum Gasteiger partial charge on any atom is -0.334 e. The molecule has 1 aromatic carbocycles. The Kier molecular flexibility index (Phi) is 3.22. The zero-order chi connectivity index (χ0) is 18.0. The monoisotopic (exact) mass is 358 g/mol. The summed E-state index contributed by atoms with van der Waals surface area (Å²) in [7, 11) is 0. The van der Waals surface area contributed by atoms with E-state index < -0.39 is 0 Å². The number of hydrogen-bond acceptors (Lipinski definition) is 3. The van der Waals surface area contributed by atoms with Crippen molar-refractivity contribution in [2.45, 2.75) is 50.5 Å². The molecule has 5 heteroatoms. The van der Waals surface area contributed by atoms with Gasteiger partial charge in [-0.3, -0.25) is 14.9 Å². The molecule has 2 aromatic heterocycles. The molecule has 3 aromatic rings. The number of rotatable bonds is 3. The average Bonchev–Trinajstić information content (AvgIpc) is 3.63. The number of pyridine rings is 1. The van der Waals surface area contributed by atoms with Crippen LogP contribution in [-0.4, -0.2) is 32.5 Å². The number of carbonyl (C=O) groups is 1. The Balaban J connectivity index is 1.39. The molecule has 1 N–H and O–H groups in total. The van der Waals surface area contributed by atoms with Crippen molar-refractivity contribution in [3.05, 3.63) is 58.5 Å². The van der Waals surface area contributed by atoms with E-state index in [2.05, 4.69) is 16.3 Å². The lowest BCUT2D eigenvalue weighted by Crippen LogP contribution is -2.36. The van der Waals surface area contributed by atoms with Crippen LogP contribution in [0.5, 0.6) is 0 Å². The molecule has 0 atom stereocenters. The lowest BCUT2D eigenvalue weighted by atomic mass is 10.0. The Bertz CT molecular complexity index is 1060. The van der Waals surface area contributed by atoms with Gasteiger partial charge >= 0.3 is 0 Å². The molecule has 0 saturated heterocycles. The van der Waals surface area contributed by atoms with Crippen molar-refractivity contribution in [1.29, 1.82) is 0 Å². The van der Waals surface area contributed by atoms with Gasteiger partial charge in [-0.1, -0.05) is 18.2 Å². The first-order valence-electron chi connectivity index (χ1n) is 10.0. The lowest BCUT2D eigenvalue weighted by Gasteiger charge is -2.28. The zero-order valence-electron chi connectivity index (χ0n) is 15.2. The fourth-order valence-electron chi connectivity index (χ4n) is 4.32. The highest BCUT2D eigenvalue weighted by Crippen LogP contribution is 2.43. The largest absolute Gasteiger partial charge is 0.334 e. The molecular weight excluding hydrogens is 336 g/mol. The van der Waals surface area contributed by atoms with Crippen LogP contribution in [0.1, 0.15) is 70.5 Å². The Morgan fingerprint density at radius 3 is 2.74 bits per heavy atom. The van der Waals surface area contributed by atoms with E-state index in [0.717, 1.165) is 35.1 Å². The molecule has 0 unspecified atom stereocenters. The van der Waals surface area contributed by atoms with Gasteiger partial charge in [0, 0.05) is 53.7 Å². The molecular formula is C22H22N4O. The molecule has 2 saturated carbocycles. The molecule has 0 bridgehead atoms. The molecule has 1 amide bonds. The van der Waals surface area contributed by atoms with Crippen molar-refractivity contribution < 1.29 is 4.79 Å². The summed E-state index contributed by atoms with van der Waals surface area (Å²) in [6, 6.07) is 10.1. The first-order valence-corrected chi connectivity index (χ1v) is 10.0. The molecule has 2 aliphatic carbocycles. The number of aromatic nitrogens is 3. The van der Waals surface area contributed by atoms with Gasteiger partial charge in [-0.25, -0.2) is 0 Å². The van der Waals surface area contributed by atoms with Crippen molar-refractivity contribution in [2.75, 3.05) is 6.54 Å². The molecule has 0 radical (unpaired) electrons. The Morgan fingerprint density at radius 1 is 1.11 bits per heavy atom. The third-order valence-electron chi connectivity index (χ3n) is 6.18. The third kappa shape index (κ3) is 2.56. The van der Waals surface area contributed by atoms with Gasteiger partial charge in [-0.2, -0.15) is 5.10 Å². The van der Waals surface area contributed by atoms with Crippen molar-refractivity contribution in [2.24, 2.45) is 0 Å². The Labute approximate surface area is 157 Å². The minimum absolute atomic E-state index is 0.129. The van der Waals surface area contributed by atoms with Gasteiger partial charge in [0.15, 0.2) is 0 Å². The van der Waals surface area contributed by atoms with Crippen LogP contribution >= 0.6 is 0 Å². The van der Waals surface area contributed by atoms with Gasteiger partial charge in [-0.15, -0.1) is 0 Å². The molecule has 5 nitrogen and oxygen atoms in total. The predicted octanol–water partition coefficient (Wildman–Crippen LogP) is 3.91. The number of benzene rings is 1.